The number of pyridine rings is 1. The Morgan fingerprint density at radius 1 is 1.14 bits per heavy atom. The number of ether oxygens (including phenoxy) is 1. The summed E-state index contributed by atoms with van der Waals surface area (Å²) in [5.74, 6) is 0.306. The van der Waals surface area contributed by atoms with Gasteiger partial charge in [-0.05, 0) is 75.9 Å². The van der Waals surface area contributed by atoms with Crippen LogP contribution in [0.2, 0.25) is 0 Å². The summed E-state index contributed by atoms with van der Waals surface area (Å²) in [5, 5.41) is 2.82. The number of likely N-dealkylation sites (tertiary alicyclic amines) is 1. The van der Waals surface area contributed by atoms with Crippen LogP contribution >= 0.6 is 0 Å². The van der Waals surface area contributed by atoms with Crippen molar-refractivity contribution in [1.29, 1.82) is 0 Å². The van der Waals surface area contributed by atoms with Gasteiger partial charge in [-0.2, -0.15) is 0 Å². The molecule has 1 aliphatic heterocycles. The zero-order chi connectivity index (χ0) is 20.8. The van der Waals surface area contributed by atoms with Gasteiger partial charge >= 0.3 is 0 Å². The maximum Gasteiger partial charge on any atom is 0.274 e. The van der Waals surface area contributed by atoms with Gasteiger partial charge in [0.1, 0.15) is 17.1 Å². The first kappa shape index (κ1) is 20.8. The third kappa shape index (κ3) is 5.34. The number of anilines is 1. The molecule has 1 saturated heterocycles. The van der Waals surface area contributed by atoms with Gasteiger partial charge < -0.3 is 15.0 Å². The smallest absolute Gasteiger partial charge is 0.274 e. The number of amides is 2. The molecule has 1 aromatic carbocycles. The summed E-state index contributed by atoms with van der Waals surface area (Å²) in [5.41, 5.74) is 1.19. The molecule has 0 spiro atoms. The van der Waals surface area contributed by atoms with Crippen molar-refractivity contribution in [3.8, 4) is 5.75 Å². The second-order valence-electron chi connectivity index (χ2n) is 7.61. The summed E-state index contributed by atoms with van der Waals surface area (Å²) < 4.78 is 5.61. The van der Waals surface area contributed by atoms with E-state index in [1.165, 1.54) is 0 Å². The van der Waals surface area contributed by atoms with Crippen molar-refractivity contribution < 1.29 is 14.3 Å². The molecule has 1 N–H and O–H groups in total. The quantitative estimate of drug-likeness (QED) is 0.780. The zero-order valence-corrected chi connectivity index (χ0v) is 17.4. The van der Waals surface area contributed by atoms with Crippen molar-refractivity contribution in [1.82, 2.24) is 9.88 Å². The Labute approximate surface area is 172 Å². The van der Waals surface area contributed by atoms with Crippen LogP contribution in [-0.4, -0.2) is 40.4 Å². The van der Waals surface area contributed by atoms with E-state index in [0.29, 0.717) is 11.4 Å². The number of rotatable bonds is 6. The molecule has 1 unspecified atom stereocenters. The summed E-state index contributed by atoms with van der Waals surface area (Å²) in [7, 11) is 0. The second kappa shape index (κ2) is 9.54. The molecule has 2 amide bonds. The molecule has 0 bridgehead atoms. The van der Waals surface area contributed by atoms with Gasteiger partial charge in [0.2, 0.25) is 0 Å². The van der Waals surface area contributed by atoms with Crippen LogP contribution in [0.4, 0.5) is 5.69 Å². The van der Waals surface area contributed by atoms with Crippen LogP contribution in [0.5, 0.6) is 5.75 Å². The molecule has 1 atom stereocenters. The van der Waals surface area contributed by atoms with E-state index >= 15 is 0 Å². The summed E-state index contributed by atoms with van der Waals surface area (Å²) in [6.45, 7) is 6.77. The Morgan fingerprint density at radius 3 is 2.55 bits per heavy atom. The van der Waals surface area contributed by atoms with Crippen molar-refractivity contribution in [3.63, 3.8) is 0 Å². The number of carbonyl (C=O) groups is 2. The minimum Gasteiger partial charge on any atom is -0.491 e. The molecule has 154 valence electrons. The number of aromatic nitrogens is 1. The van der Waals surface area contributed by atoms with Gasteiger partial charge in [0.05, 0.1) is 6.10 Å². The van der Waals surface area contributed by atoms with Gasteiger partial charge in [0.15, 0.2) is 0 Å². The maximum absolute atomic E-state index is 12.9. The normalized spacial score (nSPS) is 16.6. The predicted molar refractivity (Wildman–Crippen MR) is 113 cm³/mol. The van der Waals surface area contributed by atoms with Gasteiger partial charge in [-0.1, -0.05) is 13.0 Å². The van der Waals surface area contributed by atoms with E-state index in [9.17, 15) is 9.59 Å². The molecule has 3 rings (SSSR count). The Hall–Kier alpha value is -2.89. The Bertz CT molecular complexity index is 849. The van der Waals surface area contributed by atoms with Gasteiger partial charge in [-0.15, -0.1) is 0 Å². The highest BCUT2D eigenvalue weighted by Gasteiger charge is 2.27. The van der Waals surface area contributed by atoms with E-state index in [1.54, 1.807) is 30.3 Å². The van der Waals surface area contributed by atoms with Gasteiger partial charge in [0, 0.05) is 18.3 Å². The molecule has 29 heavy (non-hydrogen) atoms. The molecular formula is C23H29N3O3. The number of benzene rings is 1. The van der Waals surface area contributed by atoms with Crippen LogP contribution in [0.25, 0.3) is 0 Å². The van der Waals surface area contributed by atoms with Crippen molar-refractivity contribution in [3.05, 3.63) is 53.9 Å². The van der Waals surface area contributed by atoms with Gasteiger partial charge in [-0.3, -0.25) is 9.59 Å². The third-order valence-electron chi connectivity index (χ3n) is 5.04. The van der Waals surface area contributed by atoms with E-state index in [-0.39, 0.29) is 29.7 Å². The first-order valence-corrected chi connectivity index (χ1v) is 10.3. The molecule has 2 aromatic rings. The lowest BCUT2D eigenvalue weighted by atomic mass is 9.99. The van der Waals surface area contributed by atoms with Crippen molar-refractivity contribution in [2.45, 2.75) is 58.6 Å². The van der Waals surface area contributed by atoms with Crippen LogP contribution in [0.3, 0.4) is 0 Å². The monoisotopic (exact) mass is 395 g/mol. The molecule has 2 heterocycles. The number of nitrogens with zero attached hydrogens (tertiary/aromatic N) is 2. The number of hydrogen-bond donors (Lipinski definition) is 1. The average molecular weight is 396 g/mol. The van der Waals surface area contributed by atoms with Gasteiger partial charge in [-0.25, -0.2) is 4.98 Å². The van der Waals surface area contributed by atoms with Crippen molar-refractivity contribution in [2.24, 2.45) is 0 Å². The van der Waals surface area contributed by atoms with Crippen LogP contribution in [0.15, 0.2) is 42.5 Å². The number of carbonyl (C=O) groups excluding carboxylic acids is 2. The van der Waals surface area contributed by atoms with E-state index in [4.69, 9.17) is 4.74 Å². The van der Waals surface area contributed by atoms with Crippen LogP contribution in [0, 0.1) is 0 Å². The lowest BCUT2D eigenvalue weighted by molar-refractivity contribution is 0.0602. The van der Waals surface area contributed by atoms with E-state index < -0.39 is 0 Å². The molecular weight excluding hydrogens is 366 g/mol. The molecule has 1 aromatic heterocycles. The highest BCUT2D eigenvalue weighted by atomic mass is 16.5. The number of piperidine rings is 1. The average Bonchev–Trinajstić information content (AvgIpc) is 2.74. The standard InChI is InChI=1S/C23H29N3O3/c1-4-18-8-5-6-15-26(18)23(28)21-10-7-9-20(25-21)22(27)24-17-11-13-19(14-12-17)29-16(2)3/h7,9-14,16,18H,4-6,8,15H2,1-3H3,(H,24,27). The summed E-state index contributed by atoms with van der Waals surface area (Å²) in [6.07, 6.45) is 4.21. The Kier molecular flexibility index (Phi) is 6.86. The van der Waals surface area contributed by atoms with Crippen LogP contribution in [-0.2, 0) is 0 Å². The van der Waals surface area contributed by atoms with Gasteiger partial charge in [0.25, 0.3) is 11.8 Å². The Morgan fingerprint density at radius 2 is 1.86 bits per heavy atom. The molecule has 0 saturated carbocycles. The highest BCUT2D eigenvalue weighted by molar-refractivity contribution is 6.03. The van der Waals surface area contributed by atoms with Crippen molar-refractivity contribution >= 4 is 17.5 Å². The lowest BCUT2D eigenvalue weighted by Gasteiger charge is -2.35. The topological polar surface area (TPSA) is 71.5 Å². The first-order valence-electron chi connectivity index (χ1n) is 10.3. The largest absolute Gasteiger partial charge is 0.491 e. The Balaban J connectivity index is 1.70. The summed E-state index contributed by atoms with van der Waals surface area (Å²) >= 11 is 0. The fraction of sp³-hybridized carbons (Fsp3) is 0.435. The first-order chi connectivity index (χ1) is 14.0. The minimum absolute atomic E-state index is 0.0899. The van der Waals surface area contributed by atoms with E-state index in [0.717, 1.165) is 38.0 Å². The molecule has 1 aliphatic rings. The number of hydrogen-bond acceptors (Lipinski definition) is 4. The molecule has 1 fully saturated rings. The molecule has 6 nitrogen and oxygen atoms in total. The second-order valence-corrected chi connectivity index (χ2v) is 7.61. The lowest BCUT2D eigenvalue weighted by Crippen LogP contribution is -2.43. The zero-order valence-electron chi connectivity index (χ0n) is 17.4. The van der Waals surface area contributed by atoms with Crippen LogP contribution in [0.1, 0.15) is 67.4 Å². The predicted octanol–water partition coefficient (Wildman–Crippen LogP) is 4.53. The maximum atomic E-state index is 12.9. The number of nitrogens with one attached hydrogen (secondary N) is 1. The van der Waals surface area contributed by atoms with E-state index in [2.05, 4.69) is 17.2 Å². The highest BCUT2D eigenvalue weighted by Crippen LogP contribution is 2.22. The summed E-state index contributed by atoms with van der Waals surface area (Å²) in [4.78, 5) is 31.8. The molecule has 0 radical (unpaired) electrons. The van der Waals surface area contributed by atoms with Crippen molar-refractivity contribution in [2.75, 3.05) is 11.9 Å². The molecule has 6 heteroatoms. The van der Waals surface area contributed by atoms with Crippen LogP contribution < -0.4 is 10.1 Å². The molecule has 0 aliphatic carbocycles. The fourth-order valence-corrected chi connectivity index (χ4v) is 3.60. The third-order valence-corrected chi connectivity index (χ3v) is 5.04. The van der Waals surface area contributed by atoms with E-state index in [1.807, 2.05) is 30.9 Å². The fourth-order valence-electron chi connectivity index (χ4n) is 3.60. The SMILES string of the molecule is CCC1CCCCN1C(=O)c1cccc(C(=O)Nc2ccc(OC(C)C)cc2)n1. The minimum atomic E-state index is -0.345. The summed E-state index contributed by atoms with van der Waals surface area (Å²) in [6, 6.07) is 12.4.